The summed E-state index contributed by atoms with van der Waals surface area (Å²) in [6.45, 7) is 1.69. The van der Waals surface area contributed by atoms with Gasteiger partial charge < -0.3 is 19.3 Å². The van der Waals surface area contributed by atoms with E-state index in [9.17, 15) is 14.7 Å². The molecule has 3 rings (SSSR count). The first-order valence-electron chi connectivity index (χ1n) is 7.74. The first-order valence-corrected chi connectivity index (χ1v) is 7.74. The molecule has 1 aromatic carbocycles. The molecule has 0 saturated carbocycles. The molecular weight excluding hydrogens is 296 g/mol. The van der Waals surface area contributed by atoms with Crippen molar-refractivity contribution in [3.8, 4) is 0 Å². The maximum atomic E-state index is 12.9. The minimum atomic E-state index is -0.932. The molecule has 1 aliphatic rings. The van der Waals surface area contributed by atoms with Crippen LogP contribution in [0, 0.1) is 0 Å². The van der Waals surface area contributed by atoms with Crippen LogP contribution in [0.1, 0.15) is 23.2 Å². The van der Waals surface area contributed by atoms with Gasteiger partial charge in [-0.05, 0) is 18.9 Å². The van der Waals surface area contributed by atoms with Gasteiger partial charge in [-0.15, -0.1) is 0 Å². The Bertz CT molecular complexity index is 737. The van der Waals surface area contributed by atoms with Crippen LogP contribution in [0.5, 0.6) is 0 Å². The van der Waals surface area contributed by atoms with Crippen LogP contribution < -0.4 is 0 Å². The molecule has 0 bridgehead atoms. The molecule has 122 valence electrons. The molecule has 1 fully saturated rings. The van der Waals surface area contributed by atoms with Crippen molar-refractivity contribution in [3.63, 3.8) is 0 Å². The summed E-state index contributed by atoms with van der Waals surface area (Å²) in [7, 11) is 1.64. The summed E-state index contributed by atoms with van der Waals surface area (Å²) in [5.74, 6) is -1.14. The largest absolute Gasteiger partial charge is 0.480 e. The van der Waals surface area contributed by atoms with Gasteiger partial charge in [-0.3, -0.25) is 4.79 Å². The molecule has 6 nitrogen and oxygen atoms in total. The smallest absolute Gasteiger partial charge is 0.326 e. The van der Waals surface area contributed by atoms with Gasteiger partial charge in [-0.25, -0.2) is 4.79 Å². The lowest BCUT2D eigenvalue weighted by atomic mass is 10.1. The summed E-state index contributed by atoms with van der Waals surface area (Å²) in [5.41, 5.74) is 1.52. The van der Waals surface area contributed by atoms with E-state index in [1.165, 1.54) is 4.90 Å². The standard InChI is InChI=1S/C17H20N2O4/c1-23-10-9-18-11-13(12-5-2-3-6-14(12)18)16(20)19-8-4-7-15(19)17(21)22/h2-3,5-6,11,15H,4,7-10H2,1H3,(H,21,22)/t15-/m1/s1. The number of likely N-dealkylation sites (tertiary alicyclic amines) is 1. The van der Waals surface area contributed by atoms with Crippen molar-refractivity contribution in [2.24, 2.45) is 0 Å². The maximum Gasteiger partial charge on any atom is 0.326 e. The molecule has 23 heavy (non-hydrogen) atoms. The van der Waals surface area contributed by atoms with Gasteiger partial charge in [0.15, 0.2) is 0 Å². The van der Waals surface area contributed by atoms with E-state index >= 15 is 0 Å². The van der Waals surface area contributed by atoms with Crippen molar-refractivity contribution in [3.05, 3.63) is 36.0 Å². The van der Waals surface area contributed by atoms with E-state index in [-0.39, 0.29) is 5.91 Å². The van der Waals surface area contributed by atoms with Gasteiger partial charge >= 0.3 is 5.97 Å². The van der Waals surface area contributed by atoms with Crippen molar-refractivity contribution in [2.45, 2.75) is 25.4 Å². The third kappa shape index (κ3) is 2.82. The number of amides is 1. The van der Waals surface area contributed by atoms with Crippen LogP contribution in [-0.4, -0.2) is 52.8 Å². The van der Waals surface area contributed by atoms with E-state index < -0.39 is 12.0 Å². The number of carboxylic acids is 1. The molecule has 1 atom stereocenters. The number of aliphatic carboxylic acids is 1. The number of nitrogens with zero attached hydrogens (tertiary/aromatic N) is 2. The Morgan fingerprint density at radius 1 is 1.35 bits per heavy atom. The molecule has 1 saturated heterocycles. The summed E-state index contributed by atoms with van der Waals surface area (Å²) < 4.78 is 7.10. The summed E-state index contributed by atoms with van der Waals surface area (Å²) in [4.78, 5) is 25.7. The maximum absolute atomic E-state index is 12.9. The number of hydrogen-bond acceptors (Lipinski definition) is 3. The van der Waals surface area contributed by atoms with Crippen LogP contribution in [0.25, 0.3) is 10.9 Å². The average Bonchev–Trinajstić information content (AvgIpc) is 3.17. The highest BCUT2D eigenvalue weighted by atomic mass is 16.5. The van der Waals surface area contributed by atoms with Gasteiger partial charge in [-0.2, -0.15) is 0 Å². The topological polar surface area (TPSA) is 71.8 Å². The summed E-state index contributed by atoms with van der Waals surface area (Å²) in [6, 6.07) is 6.95. The van der Waals surface area contributed by atoms with E-state index in [1.807, 2.05) is 35.0 Å². The number of para-hydroxylation sites is 1. The quantitative estimate of drug-likeness (QED) is 0.915. The molecule has 0 spiro atoms. The molecule has 0 unspecified atom stereocenters. The molecule has 2 aromatic rings. The van der Waals surface area contributed by atoms with Crippen LogP contribution in [0.4, 0.5) is 0 Å². The van der Waals surface area contributed by atoms with Crippen molar-refractivity contribution in [1.82, 2.24) is 9.47 Å². The first-order chi connectivity index (χ1) is 11.1. The van der Waals surface area contributed by atoms with E-state index in [0.29, 0.717) is 31.7 Å². The fourth-order valence-corrected chi connectivity index (χ4v) is 3.21. The molecule has 2 heterocycles. The SMILES string of the molecule is COCCn1cc(C(=O)N2CCC[C@@H]2C(=O)O)c2ccccc21. The van der Waals surface area contributed by atoms with Crippen LogP contribution in [0.2, 0.25) is 0 Å². The Hall–Kier alpha value is -2.34. The highest BCUT2D eigenvalue weighted by Gasteiger charge is 2.35. The van der Waals surface area contributed by atoms with Gasteiger partial charge in [-0.1, -0.05) is 18.2 Å². The zero-order valence-electron chi connectivity index (χ0n) is 13.1. The second-order valence-corrected chi connectivity index (χ2v) is 5.74. The second-order valence-electron chi connectivity index (χ2n) is 5.74. The van der Waals surface area contributed by atoms with Gasteiger partial charge in [0, 0.05) is 37.3 Å². The summed E-state index contributed by atoms with van der Waals surface area (Å²) >= 11 is 0. The number of carbonyl (C=O) groups is 2. The number of aromatic nitrogens is 1. The van der Waals surface area contributed by atoms with Crippen molar-refractivity contribution >= 4 is 22.8 Å². The molecular formula is C17H20N2O4. The number of rotatable bonds is 5. The highest BCUT2D eigenvalue weighted by Crippen LogP contribution is 2.26. The van der Waals surface area contributed by atoms with E-state index in [2.05, 4.69) is 0 Å². The van der Waals surface area contributed by atoms with E-state index in [0.717, 1.165) is 17.3 Å². The summed E-state index contributed by atoms with van der Waals surface area (Å²) in [6.07, 6.45) is 3.05. The van der Waals surface area contributed by atoms with Crippen LogP contribution in [-0.2, 0) is 16.1 Å². The van der Waals surface area contributed by atoms with Gasteiger partial charge in [0.05, 0.1) is 12.2 Å². The molecule has 6 heteroatoms. The lowest BCUT2D eigenvalue weighted by molar-refractivity contribution is -0.141. The monoisotopic (exact) mass is 316 g/mol. The zero-order chi connectivity index (χ0) is 16.4. The molecule has 0 aliphatic carbocycles. The number of methoxy groups -OCH3 is 1. The Labute approximate surface area is 134 Å². The van der Waals surface area contributed by atoms with Gasteiger partial charge in [0.1, 0.15) is 6.04 Å². The lowest BCUT2D eigenvalue weighted by Crippen LogP contribution is -2.40. The third-order valence-electron chi connectivity index (χ3n) is 4.35. The predicted molar refractivity (Wildman–Crippen MR) is 85.5 cm³/mol. The molecule has 0 radical (unpaired) electrons. The fourth-order valence-electron chi connectivity index (χ4n) is 3.21. The zero-order valence-corrected chi connectivity index (χ0v) is 13.1. The number of ether oxygens (including phenoxy) is 1. The normalized spacial score (nSPS) is 17.8. The Balaban J connectivity index is 1.99. The molecule has 1 aliphatic heterocycles. The fraction of sp³-hybridized carbons (Fsp3) is 0.412. The number of carbonyl (C=O) groups excluding carboxylic acids is 1. The second kappa shape index (κ2) is 6.42. The number of carboxylic acid groups (broad SMARTS) is 1. The highest BCUT2D eigenvalue weighted by molar-refractivity contribution is 6.08. The van der Waals surface area contributed by atoms with Crippen molar-refractivity contribution in [2.75, 3.05) is 20.3 Å². The number of hydrogen-bond donors (Lipinski definition) is 1. The Morgan fingerprint density at radius 3 is 2.87 bits per heavy atom. The summed E-state index contributed by atoms with van der Waals surface area (Å²) in [5, 5.41) is 10.1. The Kier molecular flexibility index (Phi) is 4.34. The van der Waals surface area contributed by atoms with Crippen molar-refractivity contribution in [1.29, 1.82) is 0 Å². The van der Waals surface area contributed by atoms with Gasteiger partial charge in [0.2, 0.25) is 0 Å². The Morgan fingerprint density at radius 2 is 2.13 bits per heavy atom. The molecule has 1 aromatic heterocycles. The predicted octanol–water partition coefficient (Wildman–Crippen LogP) is 1.98. The minimum absolute atomic E-state index is 0.206. The first kappa shape index (κ1) is 15.6. The van der Waals surface area contributed by atoms with Crippen LogP contribution >= 0.6 is 0 Å². The van der Waals surface area contributed by atoms with E-state index in [1.54, 1.807) is 7.11 Å². The third-order valence-corrected chi connectivity index (χ3v) is 4.35. The number of benzene rings is 1. The number of fused-ring (bicyclic) bond motifs is 1. The van der Waals surface area contributed by atoms with Crippen LogP contribution in [0.15, 0.2) is 30.5 Å². The lowest BCUT2D eigenvalue weighted by Gasteiger charge is -2.21. The van der Waals surface area contributed by atoms with Crippen LogP contribution in [0.3, 0.4) is 0 Å². The molecule has 1 N–H and O–H groups in total. The average molecular weight is 316 g/mol. The minimum Gasteiger partial charge on any atom is -0.480 e. The van der Waals surface area contributed by atoms with Crippen molar-refractivity contribution < 1.29 is 19.4 Å². The molecule has 1 amide bonds. The van der Waals surface area contributed by atoms with E-state index in [4.69, 9.17) is 4.74 Å². The van der Waals surface area contributed by atoms with Gasteiger partial charge in [0.25, 0.3) is 5.91 Å².